The van der Waals surface area contributed by atoms with Crippen molar-refractivity contribution in [2.24, 2.45) is 0 Å². The standard InChI is InChI=1S/C18H22N2O5/c1-4-25-15-6-5-13(9-16(15)23-3)12(2)20-17(21)10-19-18(22)14-7-8-24-11-14/h5-9,11-12H,4,10H2,1-3H3,(H,19,22)(H,20,21). The highest BCUT2D eigenvalue weighted by molar-refractivity contribution is 5.96. The van der Waals surface area contributed by atoms with Crippen LogP contribution in [0.15, 0.2) is 41.2 Å². The molecule has 0 bridgehead atoms. The summed E-state index contributed by atoms with van der Waals surface area (Å²) in [5, 5.41) is 5.36. The van der Waals surface area contributed by atoms with Gasteiger partial charge in [-0.25, -0.2) is 0 Å². The second kappa shape index (κ2) is 8.77. The summed E-state index contributed by atoms with van der Waals surface area (Å²) in [6.45, 7) is 4.17. The number of rotatable bonds is 8. The van der Waals surface area contributed by atoms with Gasteiger partial charge in [0.15, 0.2) is 11.5 Å². The van der Waals surface area contributed by atoms with Crippen molar-refractivity contribution in [1.82, 2.24) is 10.6 Å². The van der Waals surface area contributed by atoms with Crippen LogP contribution in [0.5, 0.6) is 11.5 Å². The zero-order valence-corrected chi connectivity index (χ0v) is 14.5. The minimum atomic E-state index is -0.362. The van der Waals surface area contributed by atoms with Crippen molar-refractivity contribution in [2.75, 3.05) is 20.3 Å². The second-order valence-corrected chi connectivity index (χ2v) is 5.33. The fourth-order valence-electron chi connectivity index (χ4n) is 2.26. The summed E-state index contributed by atoms with van der Waals surface area (Å²) in [7, 11) is 1.57. The Labute approximate surface area is 146 Å². The fourth-order valence-corrected chi connectivity index (χ4v) is 2.26. The highest BCUT2D eigenvalue weighted by atomic mass is 16.5. The van der Waals surface area contributed by atoms with Crippen molar-refractivity contribution >= 4 is 11.8 Å². The molecule has 0 spiro atoms. The van der Waals surface area contributed by atoms with E-state index in [2.05, 4.69) is 10.6 Å². The van der Waals surface area contributed by atoms with E-state index in [1.165, 1.54) is 18.6 Å². The maximum Gasteiger partial charge on any atom is 0.254 e. The molecule has 7 nitrogen and oxygen atoms in total. The number of nitrogens with one attached hydrogen (secondary N) is 2. The first-order valence-electron chi connectivity index (χ1n) is 7.95. The lowest BCUT2D eigenvalue weighted by Gasteiger charge is -2.17. The second-order valence-electron chi connectivity index (χ2n) is 5.33. The molecule has 25 heavy (non-hydrogen) atoms. The van der Waals surface area contributed by atoms with Gasteiger partial charge in [-0.05, 0) is 37.6 Å². The zero-order valence-electron chi connectivity index (χ0n) is 14.5. The molecule has 1 aromatic heterocycles. The third-order valence-electron chi connectivity index (χ3n) is 3.56. The molecule has 0 radical (unpaired) electrons. The number of carbonyl (C=O) groups excluding carboxylic acids is 2. The van der Waals surface area contributed by atoms with Crippen molar-refractivity contribution in [3.05, 3.63) is 47.9 Å². The van der Waals surface area contributed by atoms with Crippen LogP contribution in [-0.2, 0) is 4.79 Å². The molecule has 134 valence electrons. The number of ether oxygens (including phenoxy) is 2. The smallest absolute Gasteiger partial charge is 0.254 e. The Morgan fingerprint density at radius 3 is 2.68 bits per heavy atom. The molecule has 1 aromatic carbocycles. The monoisotopic (exact) mass is 346 g/mol. The lowest BCUT2D eigenvalue weighted by atomic mass is 10.1. The first-order valence-corrected chi connectivity index (χ1v) is 7.95. The molecular formula is C18H22N2O5. The van der Waals surface area contributed by atoms with E-state index < -0.39 is 0 Å². The molecule has 1 unspecified atom stereocenters. The van der Waals surface area contributed by atoms with Gasteiger partial charge in [0.25, 0.3) is 5.91 Å². The van der Waals surface area contributed by atoms with Gasteiger partial charge in [-0.15, -0.1) is 0 Å². The molecule has 0 aliphatic rings. The van der Waals surface area contributed by atoms with Gasteiger partial charge < -0.3 is 24.5 Å². The summed E-state index contributed by atoms with van der Waals surface area (Å²) in [6, 6.07) is 6.77. The Balaban J connectivity index is 1.91. The molecule has 0 saturated carbocycles. The van der Waals surface area contributed by atoms with Crippen molar-refractivity contribution in [3.8, 4) is 11.5 Å². The van der Waals surface area contributed by atoms with Gasteiger partial charge in [-0.3, -0.25) is 9.59 Å². The molecule has 7 heteroatoms. The van der Waals surface area contributed by atoms with E-state index in [1.807, 2.05) is 26.0 Å². The first-order chi connectivity index (χ1) is 12.0. The van der Waals surface area contributed by atoms with Crippen molar-refractivity contribution in [2.45, 2.75) is 19.9 Å². The maximum absolute atomic E-state index is 12.0. The number of amides is 2. The van der Waals surface area contributed by atoms with Gasteiger partial charge in [0.05, 0.1) is 38.1 Å². The van der Waals surface area contributed by atoms with Crippen LogP contribution in [0, 0.1) is 0 Å². The highest BCUT2D eigenvalue weighted by Crippen LogP contribution is 2.30. The summed E-state index contributed by atoms with van der Waals surface area (Å²) in [5.74, 6) is 0.602. The average molecular weight is 346 g/mol. The fraction of sp³-hybridized carbons (Fsp3) is 0.333. The van der Waals surface area contributed by atoms with Gasteiger partial charge in [0.2, 0.25) is 5.91 Å². The van der Waals surface area contributed by atoms with E-state index in [4.69, 9.17) is 13.9 Å². The Morgan fingerprint density at radius 1 is 1.24 bits per heavy atom. The van der Waals surface area contributed by atoms with Crippen molar-refractivity contribution in [3.63, 3.8) is 0 Å². The third-order valence-corrected chi connectivity index (χ3v) is 3.56. The van der Waals surface area contributed by atoms with E-state index in [-0.39, 0.29) is 24.4 Å². The van der Waals surface area contributed by atoms with Crippen LogP contribution in [0.2, 0.25) is 0 Å². The molecule has 1 atom stereocenters. The number of hydrogen-bond acceptors (Lipinski definition) is 5. The third kappa shape index (κ3) is 5.00. The van der Waals surface area contributed by atoms with Crippen LogP contribution < -0.4 is 20.1 Å². The van der Waals surface area contributed by atoms with Gasteiger partial charge >= 0.3 is 0 Å². The summed E-state index contributed by atoms with van der Waals surface area (Å²) in [6.07, 6.45) is 2.72. The number of methoxy groups -OCH3 is 1. The molecule has 0 fully saturated rings. The van der Waals surface area contributed by atoms with Crippen molar-refractivity contribution < 1.29 is 23.5 Å². The van der Waals surface area contributed by atoms with Gasteiger partial charge in [-0.1, -0.05) is 6.07 Å². The molecular weight excluding hydrogens is 324 g/mol. The van der Waals surface area contributed by atoms with Gasteiger partial charge in [-0.2, -0.15) is 0 Å². The maximum atomic E-state index is 12.0. The molecule has 0 saturated heterocycles. The predicted molar refractivity (Wildman–Crippen MR) is 91.8 cm³/mol. The Morgan fingerprint density at radius 2 is 2.04 bits per heavy atom. The van der Waals surface area contributed by atoms with Gasteiger partial charge in [0, 0.05) is 0 Å². The molecule has 0 aliphatic carbocycles. The zero-order chi connectivity index (χ0) is 18.2. The summed E-state index contributed by atoms with van der Waals surface area (Å²) in [5.41, 5.74) is 1.24. The first kappa shape index (κ1) is 18.4. The van der Waals surface area contributed by atoms with E-state index in [9.17, 15) is 9.59 Å². The minimum Gasteiger partial charge on any atom is -0.493 e. The number of hydrogen-bond donors (Lipinski definition) is 2. The van der Waals surface area contributed by atoms with E-state index in [0.717, 1.165) is 5.56 Å². The Kier molecular flexibility index (Phi) is 6.45. The number of carbonyl (C=O) groups is 2. The van der Waals surface area contributed by atoms with Gasteiger partial charge in [0.1, 0.15) is 6.26 Å². The normalized spacial score (nSPS) is 11.5. The topological polar surface area (TPSA) is 89.8 Å². The molecule has 1 heterocycles. The lowest BCUT2D eigenvalue weighted by Crippen LogP contribution is -2.37. The Bertz CT molecular complexity index is 712. The Hall–Kier alpha value is -2.96. The summed E-state index contributed by atoms with van der Waals surface area (Å²) in [4.78, 5) is 23.8. The van der Waals surface area contributed by atoms with Crippen molar-refractivity contribution in [1.29, 1.82) is 0 Å². The lowest BCUT2D eigenvalue weighted by molar-refractivity contribution is -0.120. The number of furan rings is 1. The molecule has 2 rings (SSSR count). The summed E-state index contributed by atoms with van der Waals surface area (Å²) >= 11 is 0. The van der Waals surface area contributed by atoms with Crippen LogP contribution in [-0.4, -0.2) is 32.1 Å². The highest BCUT2D eigenvalue weighted by Gasteiger charge is 2.14. The van der Waals surface area contributed by atoms with Crippen LogP contribution >= 0.6 is 0 Å². The quantitative estimate of drug-likeness (QED) is 0.765. The molecule has 2 N–H and O–H groups in total. The summed E-state index contributed by atoms with van der Waals surface area (Å²) < 4.78 is 15.6. The van der Waals surface area contributed by atoms with E-state index in [0.29, 0.717) is 23.7 Å². The largest absolute Gasteiger partial charge is 0.493 e. The molecule has 0 aliphatic heterocycles. The molecule has 2 amide bonds. The van der Waals surface area contributed by atoms with E-state index in [1.54, 1.807) is 13.2 Å². The minimum absolute atomic E-state index is 0.123. The predicted octanol–water partition coefficient (Wildman–Crippen LogP) is 2.29. The van der Waals surface area contributed by atoms with Crippen LogP contribution in [0.3, 0.4) is 0 Å². The van der Waals surface area contributed by atoms with Crippen LogP contribution in [0.4, 0.5) is 0 Å². The number of benzene rings is 1. The van der Waals surface area contributed by atoms with Crippen LogP contribution in [0.1, 0.15) is 35.8 Å². The molecule has 2 aromatic rings. The van der Waals surface area contributed by atoms with E-state index >= 15 is 0 Å². The average Bonchev–Trinajstić information content (AvgIpc) is 3.15. The SMILES string of the molecule is CCOc1ccc(C(C)NC(=O)CNC(=O)c2ccoc2)cc1OC. The van der Waals surface area contributed by atoms with Crippen LogP contribution in [0.25, 0.3) is 0 Å².